The first-order chi connectivity index (χ1) is 13.1. The number of hydrogen-bond acceptors (Lipinski definition) is 3. The van der Waals surface area contributed by atoms with E-state index in [0.29, 0.717) is 17.2 Å². The molecular formula is C22H20F2O3. The molecule has 0 fully saturated rings. The van der Waals surface area contributed by atoms with Gasteiger partial charge in [0.1, 0.15) is 28.9 Å². The van der Waals surface area contributed by atoms with Crippen molar-refractivity contribution in [2.75, 3.05) is 21.3 Å². The molecule has 3 aromatic carbocycles. The first-order valence-corrected chi connectivity index (χ1v) is 8.38. The van der Waals surface area contributed by atoms with E-state index in [2.05, 4.69) is 0 Å². The number of halogens is 2. The highest BCUT2D eigenvalue weighted by atomic mass is 19.1. The summed E-state index contributed by atoms with van der Waals surface area (Å²) in [6.45, 7) is 0. The molecule has 0 saturated carbocycles. The largest absolute Gasteiger partial charge is 0.496 e. The quantitative estimate of drug-likeness (QED) is 0.560. The third-order valence-electron chi connectivity index (χ3n) is 4.45. The highest BCUT2D eigenvalue weighted by Crippen LogP contribution is 2.44. The molecular weight excluding hydrogens is 350 g/mol. The number of methoxy groups -OCH3 is 3. The van der Waals surface area contributed by atoms with Crippen LogP contribution in [-0.2, 0) is 0 Å². The molecule has 0 aliphatic rings. The van der Waals surface area contributed by atoms with Gasteiger partial charge in [0.25, 0.3) is 0 Å². The van der Waals surface area contributed by atoms with Crippen molar-refractivity contribution in [1.82, 2.24) is 0 Å². The summed E-state index contributed by atoms with van der Waals surface area (Å²) in [7, 11) is 4.68. The van der Waals surface area contributed by atoms with E-state index in [1.165, 1.54) is 24.3 Å². The molecule has 0 N–H and O–H groups in total. The van der Waals surface area contributed by atoms with Crippen LogP contribution < -0.4 is 14.2 Å². The van der Waals surface area contributed by atoms with Crippen LogP contribution in [-0.4, -0.2) is 21.3 Å². The Morgan fingerprint density at radius 3 is 1.37 bits per heavy atom. The third-order valence-corrected chi connectivity index (χ3v) is 4.45. The van der Waals surface area contributed by atoms with Gasteiger partial charge < -0.3 is 14.2 Å². The van der Waals surface area contributed by atoms with Crippen LogP contribution >= 0.6 is 0 Å². The normalized spacial score (nSPS) is 10.7. The van der Waals surface area contributed by atoms with Gasteiger partial charge in [0.05, 0.1) is 21.3 Å². The van der Waals surface area contributed by atoms with E-state index in [9.17, 15) is 8.78 Å². The van der Waals surface area contributed by atoms with E-state index in [1.807, 2.05) is 0 Å². The minimum atomic E-state index is -0.345. The molecule has 0 atom stereocenters. The molecule has 0 heterocycles. The zero-order valence-corrected chi connectivity index (χ0v) is 15.3. The predicted molar refractivity (Wildman–Crippen MR) is 99.8 cm³/mol. The van der Waals surface area contributed by atoms with Gasteiger partial charge in [-0.3, -0.25) is 0 Å². The Morgan fingerprint density at radius 2 is 1.04 bits per heavy atom. The summed E-state index contributed by atoms with van der Waals surface area (Å²) < 4.78 is 43.5. The molecule has 0 aliphatic heterocycles. The topological polar surface area (TPSA) is 27.7 Å². The van der Waals surface area contributed by atoms with Crippen LogP contribution in [0.2, 0.25) is 0 Å². The Bertz CT molecular complexity index is 835. The van der Waals surface area contributed by atoms with E-state index in [0.717, 1.165) is 16.7 Å². The molecule has 0 saturated heterocycles. The van der Waals surface area contributed by atoms with Crippen molar-refractivity contribution in [2.45, 2.75) is 5.92 Å². The van der Waals surface area contributed by atoms with E-state index in [-0.39, 0.29) is 17.6 Å². The summed E-state index contributed by atoms with van der Waals surface area (Å²) in [5.74, 6) is 0.705. The molecule has 140 valence electrons. The average Bonchev–Trinajstić information content (AvgIpc) is 2.70. The van der Waals surface area contributed by atoms with Gasteiger partial charge in [0.2, 0.25) is 0 Å². The SMILES string of the molecule is COc1cc(OC)c(C(c2ccc(F)cc2)c2ccc(F)cc2)c(OC)c1. The fourth-order valence-electron chi connectivity index (χ4n) is 3.15. The first kappa shape index (κ1) is 18.7. The van der Waals surface area contributed by atoms with Crippen LogP contribution in [0.1, 0.15) is 22.6 Å². The molecule has 3 nitrogen and oxygen atoms in total. The maximum absolute atomic E-state index is 13.5. The van der Waals surface area contributed by atoms with Gasteiger partial charge in [-0.1, -0.05) is 24.3 Å². The molecule has 5 heteroatoms. The second kappa shape index (κ2) is 8.08. The summed E-state index contributed by atoms with van der Waals surface area (Å²) in [4.78, 5) is 0. The number of ether oxygens (including phenoxy) is 3. The Hall–Kier alpha value is -3.08. The molecule has 0 unspecified atom stereocenters. The van der Waals surface area contributed by atoms with Crippen molar-refractivity contribution in [2.24, 2.45) is 0 Å². The van der Waals surface area contributed by atoms with Gasteiger partial charge in [-0.2, -0.15) is 0 Å². The summed E-state index contributed by atoms with van der Waals surface area (Å²) in [6, 6.07) is 15.9. The Morgan fingerprint density at radius 1 is 0.630 bits per heavy atom. The summed E-state index contributed by atoms with van der Waals surface area (Å²) in [5.41, 5.74) is 2.40. The minimum Gasteiger partial charge on any atom is -0.496 e. The fraction of sp³-hybridized carbons (Fsp3) is 0.182. The monoisotopic (exact) mass is 370 g/mol. The maximum Gasteiger partial charge on any atom is 0.130 e. The van der Waals surface area contributed by atoms with Crippen molar-refractivity contribution in [1.29, 1.82) is 0 Å². The first-order valence-electron chi connectivity index (χ1n) is 8.38. The van der Waals surface area contributed by atoms with Crippen LogP contribution in [0.5, 0.6) is 17.2 Å². The van der Waals surface area contributed by atoms with Crippen molar-refractivity contribution in [3.05, 3.63) is 89.0 Å². The standard InChI is InChI=1S/C22H20F2O3/c1-25-18-12-19(26-2)22(20(13-18)27-3)21(14-4-8-16(23)9-5-14)15-6-10-17(24)11-7-15/h4-13,21H,1-3H3. The number of hydrogen-bond donors (Lipinski definition) is 0. The second-order valence-electron chi connectivity index (χ2n) is 5.98. The second-order valence-corrected chi connectivity index (χ2v) is 5.98. The van der Waals surface area contributed by atoms with Gasteiger partial charge in [-0.05, 0) is 35.4 Å². The molecule has 3 rings (SSSR count). The smallest absolute Gasteiger partial charge is 0.130 e. The summed E-state index contributed by atoms with van der Waals surface area (Å²) >= 11 is 0. The lowest BCUT2D eigenvalue weighted by Crippen LogP contribution is -2.08. The lowest BCUT2D eigenvalue weighted by Gasteiger charge is -2.24. The lowest BCUT2D eigenvalue weighted by atomic mass is 9.84. The summed E-state index contributed by atoms with van der Waals surface area (Å²) in [5, 5.41) is 0. The summed E-state index contributed by atoms with van der Waals surface area (Å²) in [6.07, 6.45) is 0. The third kappa shape index (κ3) is 3.87. The molecule has 0 spiro atoms. The van der Waals surface area contributed by atoms with Crippen LogP contribution in [0, 0.1) is 11.6 Å². The molecule has 0 amide bonds. The molecule has 0 bridgehead atoms. The van der Waals surface area contributed by atoms with E-state index >= 15 is 0 Å². The lowest BCUT2D eigenvalue weighted by molar-refractivity contribution is 0.368. The van der Waals surface area contributed by atoms with E-state index < -0.39 is 0 Å². The number of benzene rings is 3. The molecule has 0 radical (unpaired) electrons. The average molecular weight is 370 g/mol. The van der Waals surface area contributed by atoms with Crippen LogP contribution in [0.4, 0.5) is 8.78 Å². The van der Waals surface area contributed by atoms with Crippen LogP contribution in [0.3, 0.4) is 0 Å². The Balaban J connectivity index is 2.27. The van der Waals surface area contributed by atoms with Gasteiger partial charge in [0.15, 0.2) is 0 Å². The molecule has 3 aromatic rings. The molecule has 27 heavy (non-hydrogen) atoms. The van der Waals surface area contributed by atoms with Crippen molar-refractivity contribution in [3.63, 3.8) is 0 Å². The number of rotatable bonds is 6. The Labute approximate surface area is 157 Å². The fourth-order valence-corrected chi connectivity index (χ4v) is 3.15. The van der Waals surface area contributed by atoms with Crippen molar-refractivity contribution in [3.8, 4) is 17.2 Å². The highest BCUT2D eigenvalue weighted by molar-refractivity contribution is 5.58. The van der Waals surface area contributed by atoms with Crippen molar-refractivity contribution >= 4 is 0 Å². The maximum atomic E-state index is 13.5. The van der Waals surface area contributed by atoms with Gasteiger partial charge >= 0.3 is 0 Å². The molecule has 0 aromatic heterocycles. The van der Waals surface area contributed by atoms with E-state index in [1.54, 1.807) is 57.7 Å². The van der Waals surface area contributed by atoms with Crippen LogP contribution in [0.15, 0.2) is 60.7 Å². The van der Waals surface area contributed by atoms with E-state index in [4.69, 9.17) is 14.2 Å². The molecule has 0 aliphatic carbocycles. The highest BCUT2D eigenvalue weighted by Gasteiger charge is 2.26. The zero-order chi connectivity index (χ0) is 19.4. The Kier molecular flexibility index (Phi) is 5.60. The van der Waals surface area contributed by atoms with Crippen molar-refractivity contribution < 1.29 is 23.0 Å². The minimum absolute atomic E-state index is 0.328. The van der Waals surface area contributed by atoms with Gasteiger partial charge in [0, 0.05) is 23.6 Å². The van der Waals surface area contributed by atoms with Gasteiger partial charge in [-0.25, -0.2) is 8.78 Å². The zero-order valence-electron chi connectivity index (χ0n) is 15.3. The predicted octanol–water partition coefficient (Wildman–Crippen LogP) is 5.17. The van der Waals surface area contributed by atoms with Gasteiger partial charge in [-0.15, -0.1) is 0 Å². The van der Waals surface area contributed by atoms with Crippen LogP contribution in [0.25, 0.3) is 0 Å².